The molecular weight excluding hydrogens is 247 g/mol. The lowest BCUT2D eigenvalue weighted by atomic mass is 10.0. The van der Waals surface area contributed by atoms with Gasteiger partial charge in [-0.05, 0) is 67.1 Å². The van der Waals surface area contributed by atoms with Crippen molar-refractivity contribution in [1.82, 2.24) is 0 Å². The molecule has 1 heteroatoms. The third kappa shape index (κ3) is 4.65. The van der Waals surface area contributed by atoms with Gasteiger partial charge >= 0.3 is 0 Å². The summed E-state index contributed by atoms with van der Waals surface area (Å²) in [6.45, 7) is 11.7. The minimum atomic E-state index is -0.138. The minimum absolute atomic E-state index is 0.138. The average molecular weight is 270 g/mol. The van der Waals surface area contributed by atoms with Crippen LogP contribution in [0.25, 0.3) is 6.08 Å². The summed E-state index contributed by atoms with van der Waals surface area (Å²) in [5.74, 6) is -0.138. The van der Waals surface area contributed by atoms with Gasteiger partial charge in [-0.1, -0.05) is 43.8 Å². The fourth-order valence-electron chi connectivity index (χ4n) is 1.87. The molecule has 0 saturated heterocycles. The molecule has 0 atom stereocenters. The second-order valence-corrected chi connectivity index (χ2v) is 4.96. The molecule has 20 heavy (non-hydrogen) atoms. The maximum atomic E-state index is 12.6. The molecule has 0 N–H and O–H groups in total. The Morgan fingerprint density at radius 1 is 1.00 bits per heavy atom. The second-order valence-electron chi connectivity index (χ2n) is 4.96. The molecule has 0 aromatic heterocycles. The highest BCUT2D eigenvalue weighted by molar-refractivity contribution is 5.47. The summed E-state index contributed by atoms with van der Waals surface area (Å²) in [5, 5.41) is 0. The molecule has 0 amide bonds. The molecule has 0 bridgehead atoms. The van der Waals surface area contributed by atoms with E-state index in [9.17, 15) is 4.39 Å². The van der Waals surface area contributed by atoms with Crippen LogP contribution in [0.2, 0.25) is 0 Å². The van der Waals surface area contributed by atoms with Crippen molar-refractivity contribution in [3.63, 3.8) is 0 Å². The standard InChI is InChI=1S/C10H12.C9H11F/c1-3-9-5-7-10(4-2)8-6-9;1-6-4-9(10)5-7(2)8(6)3/h3,5-8H,1,4H2,2H3;4-5H,1-3H3. The Morgan fingerprint density at radius 2 is 1.50 bits per heavy atom. The van der Waals surface area contributed by atoms with E-state index >= 15 is 0 Å². The summed E-state index contributed by atoms with van der Waals surface area (Å²) in [4.78, 5) is 0. The van der Waals surface area contributed by atoms with Gasteiger partial charge in [-0.15, -0.1) is 0 Å². The van der Waals surface area contributed by atoms with Crippen molar-refractivity contribution in [1.29, 1.82) is 0 Å². The monoisotopic (exact) mass is 270 g/mol. The highest BCUT2D eigenvalue weighted by Crippen LogP contribution is 2.13. The zero-order chi connectivity index (χ0) is 15.1. The normalized spacial score (nSPS) is 9.65. The Hall–Kier alpha value is -1.89. The van der Waals surface area contributed by atoms with Crippen molar-refractivity contribution in [2.24, 2.45) is 0 Å². The maximum absolute atomic E-state index is 12.6. The third-order valence-electron chi connectivity index (χ3n) is 3.52. The molecule has 2 aromatic rings. The van der Waals surface area contributed by atoms with Gasteiger partial charge in [0, 0.05) is 0 Å². The van der Waals surface area contributed by atoms with Gasteiger partial charge in [0.25, 0.3) is 0 Å². The number of benzene rings is 2. The van der Waals surface area contributed by atoms with Crippen LogP contribution in [0.1, 0.15) is 34.7 Å². The van der Waals surface area contributed by atoms with Crippen LogP contribution in [0, 0.1) is 26.6 Å². The van der Waals surface area contributed by atoms with Gasteiger partial charge in [-0.3, -0.25) is 0 Å². The van der Waals surface area contributed by atoms with Crippen LogP contribution in [-0.2, 0) is 6.42 Å². The zero-order valence-electron chi connectivity index (χ0n) is 12.8. The smallest absolute Gasteiger partial charge is 0.123 e. The van der Waals surface area contributed by atoms with Gasteiger partial charge in [0.05, 0.1) is 0 Å². The summed E-state index contributed by atoms with van der Waals surface area (Å²) in [5.41, 5.74) is 5.80. The van der Waals surface area contributed by atoms with Crippen molar-refractivity contribution >= 4 is 6.08 Å². The van der Waals surface area contributed by atoms with E-state index < -0.39 is 0 Å². The summed E-state index contributed by atoms with van der Waals surface area (Å²) < 4.78 is 12.6. The average Bonchev–Trinajstić information content (AvgIpc) is 2.45. The van der Waals surface area contributed by atoms with E-state index in [1.807, 2.05) is 26.8 Å². The van der Waals surface area contributed by atoms with E-state index in [2.05, 4.69) is 37.8 Å². The SMILES string of the molecule is C=Cc1ccc(CC)cc1.Cc1cc(F)cc(C)c1C. The lowest BCUT2D eigenvalue weighted by Gasteiger charge is -2.02. The largest absolute Gasteiger partial charge is 0.207 e. The summed E-state index contributed by atoms with van der Waals surface area (Å²) in [6.07, 6.45) is 2.97. The molecule has 0 unspecified atom stereocenters. The Labute approximate surface area is 122 Å². The van der Waals surface area contributed by atoms with E-state index in [-0.39, 0.29) is 5.82 Å². The number of halogens is 1. The first kappa shape index (κ1) is 16.2. The summed E-state index contributed by atoms with van der Waals surface area (Å²) in [6, 6.07) is 11.6. The Bertz CT molecular complexity index is 542. The van der Waals surface area contributed by atoms with Gasteiger partial charge in [0.15, 0.2) is 0 Å². The molecule has 0 saturated carbocycles. The first-order valence-electron chi connectivity index (χ1n) is 6.92. The molecule has 2 rings (SSSR count). The molecule has 0 aliphatic rings. The molecule has 0 aliphatic heterocycles. The van der Waals surface area contributed by atoms with Crippen LogP contribution < -0.4 is 0 Å². The van der Waals surface area contributed by atoms with Crippen LogP contribution in [0.5, 0.6) is 0 Å². The Morgan fingerprint density at radius 3 is 1.90 bits per heavy atom. The summed E-state index contributed by atoms with van der Waals surface area (Å²) >= 11 is 0. The number of aryl methyl sites for hydroxylation is 3. The minimum Gasteiger partial charge on any atom is -0.207 e. The van der Waals surface area contributed by atoms with Gasteiger partial charge < -0.3 is 0 Å². The van der Waals surface area contributed by atoms with Crippen LogP contribution in [0.4, 0.5) is 4.39 Å². The molecule has 0 spiro atoms. The number of rotatable bonds is 2. The van der Waals surface area contributed by atoms with Crippen molar-refractivity contribution < 1.29 is 4.39 Å². The molecule has 0 aliphatic carbocycles. The lowest BCUT2D eigenvalue weighted by molar-refractivity contribution is 0.624. The predicted molar refractivity (Wildman–Crippen MR) is 86.5 cm³/mol. The van der Waals surface area contributed by atoms with Gasteiger partial charge in [-0.25, -0.2) is 4.39 Å². The van der Waals surface area contributed by atoms with Crippen molar-refractivity contribution in [2.45, 2.75) is 34.1 Å². The second kappa shape index (κ2) is 7.64. The fraction of sp³-hybridized carbons (Fsp3) is 0.263. The fourth-order valence-corrected chi connectivity index (χ4v) is 1.87. The molecule has 0 radical (unpaired) electrons. The van der Waals surface area contributed by atoms with Gasteiger partial charge in [-0.2, -0.15) is 0 Å². The summed E-state index contributed by atoms with van der Waals surface area (Å²) in [7, 11) is 0. The van der Waals surface area contributed by atoms with Crippen molar-refractivity contribution in [3.8, 4) is 0 Å². The van der Waals surface area contributed by atoms with E-state index in [1.54, 1.807) is 12.1 Å². The van der Waals surface area contributed by atoms with E-state index in [4.69, 9.17) is 0 Å². The molecule has 106 valence electrons. The van der Waals surface area contributed by atoms with E-state index in [0.29, 0.717) is 0 Å². The van der Waals surface area contributed by atoms with Crippen molar-refractivity contribution in [3.05, 3.63) is 76.6 Å². The highest BCUT2D eigenvalue weighted by atomic mass is 19.1. The quantitative estimate of drug-likeness (QED) is 0.662. The number of hydrogen-bond acceptors (Lipinski definition) is 0. The highest BCUT2D eigenvalue weighted by Gasteiger charge is 1.98. The predicted octanol–water partition coefficient (Wildman–Crippen LogP) is 5.64. The Balaban J connectivity index is 0.000000200. The van der Waals surface area contributed by atoms with Crippen LogP contribution in [0.15, 0.2) is 43.0 Å². The first-order valence-corrected chi connectivity index (χ1v) is 6.92. The van der Waals surface area contributed by atoms with E-state index in [0.717, 1.165) is 17.5 Å². The molecule has 2 aromatic carbocycles. The molecule has 0 fully saturated rings. The van der Waals surface area contributed by atoms with Crippen LogP contribution in [-0.4, -0.2) is 0 Å². The Kier molecular flexibility index (Phi) is 6.17. The molecular formula is C19H23F. The van der Waals surface area contributed by atoms with Crippen molar-refractivity contribution in [2.75, 3.05) is 0 Å². The molecule has 0 nitrogen and oxygen atoms in total. The lowest BCUT2D eigenvalue weighted by Crippen LogP contribution is -1.87. The van der Waals surface area contributed by atoms with E-state index in [1.165, 1.54) is 16.7 Å². The van der Waals surface area contributed by atoms with Crippen LogP contribution in [0.3, 0.4) is 0 Å². The molecule has 0 heterocycles. The number of hydrogen-bond donors (Lipinski definition) is 0. The maximum Gasteiger partial charge on any atom is 0.123 e. The van der Waals surface area contributed by atoms with Crippen LogP contribution >= 0.6 is 0 Å². The first-order chi connectivity index (χ1) is 9.47. The third-order valence-corrected chi connectivity index (χ3v) is 3.52. The topological polar surface area (TPSA) is 0 Å². The zero-order valence-corrected chi connectivity index (χ0v) is 12.8. The van der Waals surface area contributed by atoms with Gasteiger partial charge in [0.1, 0.15) is 5.82 Å². The van der Waals surface area contributed by atoms with Gasteiger partial charge in [0.2, 0.25) is 0 Å².